The Morgan fingerprint density at radius 2 is 1.74 bits per heavy atom. The van der Waals surface area contributed by atoms with Gasteiger partial charge in [0.15, 0.2) is 0 Å². The van der Waals surface area contributed by atoms with Crippen LogP contribution in [0, 0.1) is 23.7 Å². The summed E-state index contributed by atoms with van der Waals surface area (Å²) in [5, 5.41) is 10.4. The van der Waals surface area contributed by atoms with Crippen molar-refractivity contribution in [2.24, 2.45) is 23.7 Å². The van der Waals surface area contributed by atoms with Crippen molar-refractivity contribution >= 4 is 12.4 Å². The Morgan fingerprint density at radius 3 is 2.30 bits per heavy atom. The van der Waals surface area contributed by atoms with Crippen LogP contribution in [0.15, 0.2) is 0 Å². The number of aliphatic hydroxyl groups excluding tert-OH is 1. The summed E-state index contributed by atoms with van der Waals surface area (Å²) in [6.07, 6.45) is 10.5. The maximum atomic E-state index is 10.4. The van der Waals surface area contributed by atoms with Gasteiger partial charge in [0, 0.05) is 13.1 Å². The van der Waals surface area contributed by atoms with Crippen molar-refractivity contribution in [1.29, 1.82) is 0 Å². The van der Waals surface area contributed by atoms with Gasteiger partial charge in [-0.05, 0) is 81.6 Å². The van der Waals surface area contributed by atoms with Crippen LogP contribution in [-0.2, 0) is 4.74 Å². The Labute approximate surface area is 147 Å². The molecule has 0 radical (unpaired) electrons. The lowest BCUT2D eigenvalue weighted by Crippen LogP contribution is -2.53. The van der Waals surface area contributed by atoms with E-state index < -0.39 is 0 Å². The lowest BCUT2D eigenvalue weighted by atomic mass is 9.54. The fourth-order valence-electron chi connectivity index (χ4n) is 6.28. The van der Waals surface area contributed by atoms with Crippen molar-refractivity contribution < 1.29 is 9.84 Å². The number of rotatable bonds is 5. The molecule has 5 fully saturated rings. The second-order valence-corrected chi connectivity index (χ2v) is 9.07. The van der Waals surface area contributed by atoms with Crippen LogP contribution < -0.4 is 0 Å². The summed E-state index contributed by atoms with van der Waals surface area (Å²) in [5.41, 5.74) is 0.144. The highest BCUT2D eigenvalue weighted by Gasteiger charge is 2.51. The van der Waals surface area contributed by atoms with Crippen LogP contribution in [0.3, 0.4) is 0 Å². The minimum Gasteiger partial charge on any atom is -0.389 e. The van der Waals surface area contributed by atoms with Gasteiger partial charge in [-0.3, -0.25) is 0 Å². The molecule has 5 aliphatic rings. The first-order valence-electron chi connectivity index (χ1n) is 9.64. The zero-order valence-corrected chi connectivity index (χ0v) is 15.4. The monoisotopic (exact) mass is 343 g/mol. The van der Waals surface area contributed by atoms with Crippen LogP contribution in [0.4, 0.5) is 0 Å². The van der Waals surface area contributed by atoms with Crippen molar-refractivity contribution in [3.8, 4) is 0 Å². The summed E-state index contributed by atoms with van der Waals surface area (Å²) >= 11 is 0. The van der Waals surface area contributed by atoms with Crippen LogP contribution in [-0.4, -0.2) is 48.0 Å². The fraction of sp³-hybridized carbons (Fsp3) is 1.00. The largest absolute Gasteiger partial charge is 0.389 e. The van der Waals surface area contributed by atoms with E-state index >= 15 is 0 Å². The standard InChI is InChI=1S/C19H33NO2.ClH/c1-14-3-2-4-20(11-14)12-18(21)13-22-19-8-15-5-16(9-19)7-17(6-15)10-19;/h14-18,21H,2-13H2,1H3;1H. The number of likely N-dealkylation sites (tertiary alicyclic amines) is 1. The van der Waals surface area contributed by atoms with Crippen LogP contribution in [0.5, 0.6) is 0 Å². The lowest BCUT2D eigenvalue weighted by molar-refractivity contribution is -0.176. The maximum absolute atomic E-state index is 10.4. The number of β-amino-alcohol motifs (C(OH)–C–C–N with tert-alkyl or cyclic N) is 1. The molecule has 5 rings (SSSR count). The molecule has 2 unspecified atom stereocenters. The van der Waals surface area contributed by atoms with E-state index in [9.17, 15) is 5.11 Å². The van der Waals surface area contributed by atoms with Crippen LogP contribution in [0.1, 0.15) is 58.3 Å². The normalized spacial score (nSPS) is 44.1. The van der Waals surface area contributed by atoms with Gasteiger partial charge in [-0.25, -0.2) is 0 Å². The van der Waals surface area contributed by atoms with E-state index in [1.807, 2.05) is 0 Å². The predicted molar refractivity (Wildman–Crippen MR) is 94.9 cm³/mol. The van der Waals surface area contributed by atoms with Gasteiger partial charge in [-0.15, -0.1) is 12.4 Å². The van der Waals surface area contributed by atoms with E-state index in [-0.39, 0.29) is 24.1 Å². The average Bonchev–Trinajstić information content (AvgIpc) is 2.44. The predicted octanol–water partition coefficient (Wildman–Crippen LogP) is 3.49. The molecule has 1 heterocycles. The minimum atomic E-state index is -0.307. The van der Waals surface area contributed by atoms with Crippen LogP contribution >= 0.6 is 12.4 Å². The van der Waals surface area contributed by atoms with Crippen molar-refractivity contribution in [3.05, 3.63) is 0 Å². The van der Waals surface area contributed by atoms with Crippen molar-refractivity contribution in [1.82, 2.24) is 4.90 Å². The third-order valence-corrected chi connectivity index (χ3v) is 6.77. The molecule has 23 heavy (non-hydrogen) atoms. The summed E-state index contributed by atoms with van der Waals surface area (Å²) in [6.45, 7) is 5.98. The Morgan fingerprint density at radius 1 is 1.13 bits per heavy atom. The molecule has 1 aliphatic heterocycles. The van der Waals surface area contributed by atoms with Gasteiger partial charge >= 0.3 is 0 Å². The highest BCUT2D eigenvalue weighted by Crippen LogP contribution is 2.57. The molecule has 1 saturated heterocycles. The highest BCUT2D eigenvalue weighted by atomic mass is 35.5. The molecule has 1 N–H and O–H groups in total. The maximum Gasteiger partial charge on any atom is 0.0900 e. The molecule has 0 aromatic rings. The number of aliphatic hydroxyl groups is 1. The molecule has 2 atom stereocenters. The van der Waals surface area contributed by atoms with Gasteiger partial charge in [-0.1, -0.05) is 6.92 Å². The topological polar surface area (TPSA) is 32.7 Å². The van der Waals surface area contributed by atoms with E-state index in [1.54, 1.807) is 0 Å². The van der Waals surface area contributed by atoms with Gasteiger partial charge in [-0.2, -0.15) is 0 Å². The molecular formula is C19H34ClNO2. The third-order valence-electron chi connectivity index (χ3n) is 6.77. The van der Waals surface area contributed by atoms with E-state index in [2.05, 4.69) is 11.8 Å². The van der Waals surface area contributed by atoms with Gasteiger partial charge in [0.25, 0.3) is 0 Å². The van der Waals surface area contributed by atoms with E-state index in [1.165, 1.54) is 51.4 Å². The quantitative estimate of drug-likeness (QED) is 0.829. The summed E-state index contributed by atoms with van der Waals surface area (Å²) in [7, 11) is 0. The molecule has 4 heteroatoms. The molecule has 0 amide bonds. The molecule has 4 bridgehead atoms. The minimum absolute atomic E-state index is 0. The first-order valence-corrected chi connectivity index (χ1v) is 9.64. The van der Waals surface area contributed by atoms with E-state index in [4.69, 9.17) is 4.74 Å². The zero-order chi connectivity index (χ0) is 15.2. The molecule has 3 nitrogen and oxygen atoms in total. The number of hydrogen-bond acceptors (Lipinski definition) is 3. The molecule has 0 aromatic heterocycles. The first kappa shape index (κ1) is 18.0. The summed E-state index contributed by atoms with van der Waals surface area (Å²) in [5.74, 6) is 3.55. The van der Waals surface area contributed by atoms with Gasteiger partial charge in [0.2, 0.25) is 0 Å². The van der Waals surface area contributed by atoms with Crippen LogP contribution in [0.25, 0.3) is 0 Å². The molecule has 4 saturated carbocycles. The molecule has 0 spiro atoms. The van der Waals surface area contributed by atoms with Gasteiger partial charge in [0.1, 0.15) is 0 Å². The van der Waals surface area contributed by atoms with Crippen molar-refractivity contribution in [2.75, 3.05) is 26.2 Å². The van der Waals surface area contributed by atoms with Crippen LogP contribution in [0.2, 0.25) is 0 Å². The number of halogens is 1. The summed E-state index contributed by atoms with van der Waals surface area (Å²) in [6, 6.07) is 0. The number of piperidine rings is 1. The van der Waals surface area contributed by atoms with E-state index in [0.29, 0.717) is 6.61 Å². The molecule has 4 aliphatic carbocycles. The van der Waals surface area contributed by atoms with Crippen molar-refractivity contribution in [2.45, 2.75) is 70.0 Å². The number of hydrogen-bond donors (Lipinski definition) is 1. The SMILES string of the molecule is CC1CCCN(CC(O)COC23CC4CC(CC(C4)C2)C3)C1.Cl. The molecule has 134 valence electrons. The second kappa shape index (κ2) is 7.19. The Kier molecular flexibility index (Phi) is 5.62. The van der Waals surface area contributed by atoms with Gasteiger partial charge < -0.3 is 14.7 Å². The van der Waals surface area contributed by atoms with E-state index in [0.717, 1.165) is 43.3 Å². The Bertz CT molecular complexity index is 368. The summed E-state index contributed by atoms with van der Waals surface area (Å²) < 4.78 is 6.40. The van der Waals surface area contributed by atoms with Crippen molar-refractivity contribution in [3.63, 3.8) is 0 Å². The Balaban J connectivity index is 0.00000156. The number of ether oxygens (including phenoxy) is 1. The summed E-state index contributed by atoms with van der Waals surface area (Å²) in [4.78, 5) is 2.43. The second-order valence-electron chi connectivity index (χ2n) is 9.07. The molecular weight excluding hydrogens is 310 g/mol. The van der Waals surface area contributed by atoms with Gasteiger partial charge in [0.05, 0.1) is 18.3 Å². The first-order chi connectivity index (χ1) is 10.6. The molecule has 0 aromatic carbocycles. The fourth-order valence-corrected chi connectivity index (χ4v) is 6.28. The third kappa shape index (κ3) is 4.05. The average molecular weight is 344 g/mol. The highest BCUT2D eigenvalue weighted by molar-refractivity contribution is 5.85. The Hall–Kier alpha value is 0.170. The number of nitrogens with zero attached hydrogens (tertiary/aromatic N) is 1. The lowest BCUT2D eigenvalue weighted by Gasteiger charge is -2.56. The smallest absolute Gasteiger partial charge is 0.0900 e. The zero-order valence-electron chi connectivity index (χ0n) is 14.6.